The highest BCUT2D eigenvalue weighted by Gasteiger charge is 2.14. The van der Waals surface area contributed by atoms with Gasteiger partial charge in [-0.3, -0.25) is 0 Å². The predicted molar refractivity (Wildman–Crippen MR) is 98.9 cm³/mol. The molecule has 0 aliphatic rings. The van der Waals surface area contributed by atoms with Gasteiger partial charge in [-0.1, -0.05) is 23.9 Å². The molecular weight excluding hydrogens is 336 g/mol. The van der Waals surface area contributed by atoms with Crippen LogP contribution >= 0.6 is 11.8 Å². The van der Waals surface area contributed by atoms with Gasteiger partial charge in [0.25, 0.3) is 5.95 Å². The molecule has 0 aliphatic carbocycles. The minimum absolute atomic E-state index is 0.503. The van der Waals surface area contributed by atoms with Gasteiger partial charge in [0.2, 0.25) is 5.16 Å². The van der Waals surface area contributed by atoms with Gasteiger partial charge in [-0.2, -0.15) is 5.10 Å². The molecule has 0 amide bonds. The number of nitrogens with two attached hydrogens (primary N) is 1. The third-order valence-corrected chi connectivity index (χ3v) is 4.67. The molecule has 2 heterocycles. The molecule has 3 rings (SSSR count). The topological polar surface area (TPSA) is 83.8 Å². The molecule has 0 saturated carbocycles. The molecule has 0 radical (unpaired) electrons. The first kappa shape index (κ1) is 17.3. The maximum Gasteiger partial charge on any atom is 0.271 e. The Kier molecular flexibility index (Phi) is 4.98. The van der Waals surface area contributed by atoms with E-state index in [1.807, 2.05) is 32.9 Å². The SMILES string of the molecule is Cc1ccc(C)c(OCCSc2nnc(-n3nc(C)cc3C)n2N)c1. The van der Waals surface area contributed by atoms with Gasteiger partial charge >= 0.3 is 0 Å². The van der Waals surface area contributed by atoms with E-state index < -0.39 is 0 Å². The Bertz CT molecular complexity index is 885. The van der Waals surface area contributed by atoms with Crippen LogP contribution in [0.3, 0.4) is 0 Å². The van der Waals surface area contributed by atoms with Gasteiger partial charge < -0.3 is 10.6 Å². The molecule has 0 spiro atoms. The largest absolute Gasteiger partial charge is 0.492 e. The van der Waals surface area contributed by atoms with Crippen LogP contribution in [0.5, 0.6) is 5.75 Å². The second kappa shape index (κ2) is 7.18. The summed E-state index contributed by atoms with van der Waals surface area (Å²) in [4.78, 5) is 0. The Morgan fingerprint density at radius 2 is 1.92 bits per heavy atom. The van der Waals surface area contributed by atoms with E-state index in [-0.39, 0.29) is 0 Å². The summed E-state index contributed by atoms with van der Waals surface area (Å²) in [5.41, 5.74) is 4.19. The highest BCUT2D eigenvalue weighted by molar-refractivity contribution is 7.99. The number of nitrogen functional groups attached to an aromatic ring is 1. The van der Waals surface area contributed by atoms with Crippen LogP contribution in [0.4, 0.5) is 0 Å². The minimum Gasteiger partial charge on any atom is -0.492 e. The lowest BCUT2D eigenvalue weighted by Crippen LogP contribution is -2.17. The number of hydrogen-bond acceptors (Lipinski definition) is 6. The Labute approximate surface area is 151 Å². The molecule has 0 atom stereocenters. The van der Waals surface area contributed by atoms with E-state index in [0.717, 1.165) is 28.5 Å². The maximum absolute atomic E-state index is 6.12. The monoisotopic (exact) mass is 358 g/mol. The quantitative estimate of drug-likeness (QED) is 0.414. The zero-order valence-electron chi connectivity index (χ0n) is 14.9. The highest BCUT2D eigenvalue weighted by atomic mass is 32.2. The van der Waals surface area contributed by atoms with E-state index >= 15 is 0 Å². The number of aryl methyl sites for hydroxylation is 4. The molecule has 0 aliphatic heterocycles. The second-order valence-corrected chi connectivity index (χ2v) is 7.02. The van der Waals surface area contributed by atoms with Crippen molar-refractivity contribution >= 4 is 11.8 Å². The normalized spacial score (nSPS) is 11.0. The standard InChI is InChI=1S/C17H22N6OS/c1-11-5-6-12(2)15(9-11)24-7-8-25-17-20-19-16(22(17)18)23-14(4)10-13(3)21-23/h5-6,9-10H,7-8,18H2,1-4H3. The predicted octanol–water partition coefficient (Wildman–Crippen LogP) is 2.58. The first-order chi connectivity index (χ1) is 12.0. The Morgan fingerprint density at radius 3 is 2.64 bits per heavy atom. The molecule has 0 saturated heterocycles. The van der Waals surface area contributed by atoms with E-state index in [0.29, 0.717) is 17.7 Å². The number of benzene rings is 1. The molecule has 1 aromatic carbocycles. The van der Waals surface area contributed by atoms with Gasteiger partial charge in [-0.05, 0) is 51.0 Å². The summed E-state index contributed by atoms with van der Waals surface area (Å²) < 4.78 is 9.01. The summed E-state index contributed by atoms with van der Waals surface area (Å²) in [7, 11) is 0. The van der Waals surface area contributed by atoms with Crippen LogP contribution in [0, 0.1) is 27.7 Å². The van der Waals surface area contributed by atoms with Crippen molar-refractivity contribution in [1.82, 2.24) is 24.7 Å². The van der Waals surface area contributed by atoms with Crippen LogP contribution < -0.4 is 10.6 Å². The number of hydrogen-bond donors (Lipinski definition) is 1. The van der Waals surface area contributed by atoms with Crippen molar-refractivity contribution in [3.63, 3.8) is 0 Å². The zero-order valence-corrected chi connectivity index (χ0v) is 15.7. The van der Waals surface area contributed by atoms with Gasteiger partial charge in [0, 0.05) is 11.4 Å². The van der Waals surface area contributed by atoms with E-state index in [9.17, 15) is 0 Å². The van der Waals surface area contributed by atoms with Crippen molar-refractivity contribution in [2.45, 2.75) is 32.9 Å². The third-order valence-electron chi connectivity index (χ3n) is 3.76. The fourth-order valence-electron chi connectivity index (χ4n) is 2.49. The van der Waals surface area contributed by atoms with Gasteiger partial charge in [0.1, 0.15) is 5.75 Å². The highest BCUT2D eigenvalue weighted by Crippen LogP contribution is 2.21. The van der Waals surface area contributed by atoms with E-state index in [1.165, 1.54) is 22.0 Å². The molecule has 2 aromatic heterocycles. The summed E-state index contributed by atoms with van der Waals surface area (Å²) in [6.45, 7) is 8.55. The Balaban J connectivity index is 1.61. The molecule has 0 bridgehead atoms. The van der Waals surface area contributed by atoms with Crippen LogP contribution in [0.25, 0.3) is 5.95 Å². The van der Waals surface area contributed by atoms with Crippen molar-refractivity contribution < 1.29 is 4.74 Å². The molecule has 8 heteroatoms. The molecule has 2 N–H and O–H groups in total. The minimum atomic E-state index is 0.503. The lowest BCUT2D eigenvalue weighted by molar-refractivity contribution is 0.341. The average Bonchev–Trinajstić information content (AvgIpc) is 3.09. The van der Waals surface area contributed by atoms with Gasteiger partial charge in [-0.15, -0.1) is 10.2 Å². The zero-order chi connectivity index (χ0) is 18.0. The van der Waals surface area contributed by atoms with Gasteiger partial charge in [-0.25, -0.2) is 9.36 Å². The van der Waals surface area contributed by atoms with Crippen molar-refractivity contribution in [2.75, 3.05) is 18.2 Å². The molecular formula is C17H22N6OS. The summed E-state index contributed by atoms with van der Waals surface area (Å²) in [5, 5.41) is 13.3. The molecule has 7 nitrogen and oxygen atoms in total. The van der Waals surface area contributed by atoms with E-state index in [4.69, 9.17) is 10.6 Å². The molecule has 0 fully saturated rings. The second-order valence-electron chi connectivity index (χ2n) is 5.96. The van der Waals surface area contributed by atoms with Crippen molar-refractivity contribution in [2.24, 2.45) is 0 Å². The Hall–Kier alpha value is -2.48. The number of ether oxygens (including phenoxy) is 1. The molecule has 25 heavy (non-hydrogen) atoms. The fraction of sp³-hybridized carbons (Fsp3) is 0.353. The van der Waals surface area contributed by atoms with Gasteiger partial charge in [0.05, 0.1) is 12.3 Å². The number of nitrogens with zero attached hydrogens (tertiary/aromatic N) is 5. The summed E-state index contributed by atoms with van der Waals surface area (Å²) in [6.07, 6.45) is 0. The number of rotatable bonds is 6. The summed E-state index contributed by atoms with van der Waals surface area (Å²) in [6, 6.07) is 8.16. The van der Waals surface area contributed by atoms with Crippen molar-refractivity contribution in [1.29, 1.82) is 0 Å². The third kappa shape index (κ3) is 3.79. The smallest absolute Gasteiger partial charge is 0.271 e. The lowest BCUT2D eigenvalue weighted by Gasteiger charge is -2.09. The first-order valence-electron chi connectivity index (χ1n) is 8.02. The van der Waals surface area contributed by atoms with Crippen LogP contribution in [-0.2, 0) is 0 Å². The fourth-order valence-corrected chi connectivity index (χ4v) is 3.16. The molecule has 132 valence electrons. The average molecular weight is 358 g/mol. The van der Waals surface area contributed by atoms with Crippen molar-refractivity contribution in [3.8, 4) is 11.7 Å². The molecule has 3 aromatic rings. The number of thioether (sulfide) groups is 1. The van der Waals surface area contributed by atoms with Crippen LogP contribution in [0.2, 0.25) is 0 Å². The van der Waals surface area contributed by atoms with E-state index in [1.54, 1.807) is 4.68 Å². The maximum atomic E-state index is 6.12. The van der Waals surface area contributed by atoms with Gasteiger partial charge in [0.15, 0.2) is 0 Å². The van der Waals surface area contributed by atoms with Crippen LogP contribution in [0.1, 0.15) is 22.5 Å². The summed E-state index contributed by atoms with van der Waals surface area (Å²) >= 11 is 1.50. The van der Waals surface area contributed by atoms with E-state index in [2.05, 4.69) is 34.4 Å². The van der Waals surface area contributed by atoms with Crippen molar-refractivity contribution in [3.05, 3.63) is 46.8 Å². The van der Waals surface area contributed by atoms with Crippen LogP contribution in [0.15, 0.2) is 29.4 Å². The molecule has 0 unspecified atom stereocenters. The first-order valence-corrected chi connectivity index (χ1v) is 9.01. The summed E-state index contributed by atoms with van der Waals surface area (Å²) in [5.74, 6) is 8.26. The lowest BCUT2D eigenvalue weighted by atomic mass is 10.1. The Morgan fingerprint density at radius 1 is 1.12 bits per heavy atom. The number of aromatic nitrogens is 5. The van der Waals surface area contributed by atoms with Crippen LogP contribution in [-0.4, -0.2) is 37.0 Å².